The first kappa shape index (κ1) is 11.3. The Morgan fingerprint density at radius 3 is 3.00 bits per heavy atom. The summed E-state index contributed by atoms with van der Waals surface area (Å²) in [6.45, 7) is 2.00. The number of rotatable bonds is 3. The van der Waals surface area contributed by atoms with Gasteiger partial charge in [-0.25, -0.2) is 0 Å². The summed E-state index contributed by atoms with van der Waals surface area (Å²) in [7, 11) is 0. The quantitative estimate of drug-likeness (QED) is 0.685. The maximum atomic E-state index is 9.61. The third kappa shape index (κ3) is 3.14. The fourth-order valence-electron chi connectivity index (χ4n) is 2.13. The Morgan fingerprint density at radius 2 is 2.12 bits per heavy atom. The van der Waals surface area contributed by atoms with Crippen LogP contribution in [-0.4, -0.2) is 24.2 Å². The number of phenolic OH excluding ortho intramolecular Hbond substituents is 1. The van der Waals surface area contributed by atoms with Gasteiger partial charge in [-0.15, -0.1) is 0 Å². The molecule has 0 bridgehead atoms. The number of nitrogens with one attached hydrogen (secondary N) is 2. The SMILES string of the molecule is Oc1ccccc1NCC1CCCCCN1. The van der Waals surface area contributed by atoms with Crippen LogP contribution in [0.2, 0.25) is 0 Å². The molecule has 0 amide bonds. The Balaban J connectivity index is 1.84. The second-order valence-electron chi connectivity index (χ2n) is 4.40. The van der Waals surface area contributed by atoms with Crippen LogP contribution in [0.4, 0.5) is 5.69 Å². The molecule has 1 fully saturated rings. The smallest absolute Gasteiger partial charge is 0.138 e. The summed E-state index contributed by atoms with van der Waals surface area (Å²) in [4.78, 5) is 0. The lowest BCUT2D eigenvalue weighted by atomic mass is 10.1. The number of anilines is 1. The number of hydrogen-bond acceptors (Lipinski definition) is 3. The van der Waals surface area contributed by atoms with Crippen molar-refractivity contribution in [1.29, 1.82) is 0 Å². The van der Waals surface area contributed by atoms with Crippen LogP contribution in [0, 0.1) is 0 Å². The summed E-state index contributed by atoms with van der Waals surface area (Å²) in [5, 5.41) is 16.4. The van der Waals surface area contributed by atoms with Gasteiger partial charge in [0, 0.05) is 12.6 Å². The van der Waals surface area contributed by atoms with E-state index in [1.165, 1.54) is 25.7 Å². The van der Waals surface area contributed by atoms with Crippen LogP contribution in [-0.2, 0) is 0 Å². The first-order valence-electron chi connectivity index (χ1n) is 6.11. The number of phenols is 1. The molecule has 16 heavy (non-hydrogen) atoms. The summed E-state index contributed by atoms with van der Waals surface area (Å²) >= 11 is 0. The van der Waals surface area contributed by atoms with E-state index in [-0.39, 0.29) is 0 Å². The Hall–Kier alpha value is -1.22. The Bertz CT molecular complexity index is 319. The van der Waals surface area contributed by atoms with Gasteiger partial charge < -0.3 is 15.7 Å². The number of para-hydroxylation sites is 2. The molecule has 1 aromatic carbocycles. The van der Waals surface area contributed by atoms with Gasteiger partial charge in [0.1, 0.15) is 5.75 Å². The van der Waals surface area contributed by atoms with Gasteiger partial charge in [-0.1, -0.05) is 25.0 Å². The molecule has 2 rings (SSSR count). The molecular formula is C13H20N2O. The molecule has 0 spiro atoms. The van der Waals surface area contributed by atoms with Crippen molar-refractivity contribution in [2.45, 2.75) is 31.7 Å². The minimum absolute atomic E-state index is 0.330. The first-order chi connectivity index (χ1) is 7.86. The highest BCUT2D eigenvalue weighted by molar-refractivity contribution is 5.55. The Morgan fingerprint density at radius 1 is 1.25 bits per heavy atom. The fourth-order valence-corrected chi connectivity index (χ4v) is 2.13. The average molecular weight is 220 g/mol. The summed E-state index contributed by atoms with van der Waals surface area (Å²) in [6, 6.07) is 7.92. The average Bonchev–Trinajstić information content (AvgIpc) is 2.56. The van der Waals surface area contributed by atoms with Gasteiger partial charge in [0.05, 0.1) is 5.69 Å². The molecule has 1 atom stereocenters. The first-order valence-corrected chi connectivity index (χ1v) is 6.11. The molecule has 3 N–H and O–H groups in total. The van der Waals surface area contributed by atoms with Crippen LogP contribution in [0.3, 0.4) is 0 Å². The van der Waals surface area contributed by atoms with Gasteiger partial charge in [-0.3, -0.25) is 0 Å². The largest absolute Gasteiger partial charge is 0.506 e. The monoisotopic (exact) mass is 220 g/mol. The predicted octanol–water partition coefficient (Wildman–Crippen LogP) is 2.34. The van der Waals surface area contributed by atoms with Crippen molar-refractivity contribution in [2.75, 3.05) is 18.4 Å². The van der Waals surface area contributed by atoms with Gasteiger partial charge >= 0.3 is 0 Å². The van der Waals surface area contributed by atoms with Crippen molar-refractivity contribution >= 4 is 5.69 Å². The van der Waals surface area contributed by atoms with Crippen molar-refractivity contribution in [1.82, 2.24) is 5.32 Å². The number of hydrogen-bond donors (Lipinski definition) is 3. The molecule has 1 aliphatic heterocycles. The molecule has 1 aliphatic rings. The third-order valence-electron chi connectivity index (χ3n) is 3.11. The lowest BCUT2D eigenvalue weighted by Gasteiger charge is -2.17. The van der Waals surface area contributed by atoms with E-state index in [0.29, 0.717) is 11.8 Å². The summed E-state index contributed by atoms with van der Waals surface area (Å²) in [6.07, 6.45) is 5.15. The second-order valence-corrected chi connectivity index (χ2v) is 4.40. The van der Waals surface area contributed by atoms with Crippen molar-refractivity contribution in [3.05, 3.63) is 24.3 Å². The highest BCUT2D eigenvalue weighted by Crippen LogP contribution is 2.21. The lowest BCUT2D eigenvalue weighted by molar-refractivity contribution is 0.475. The molecule has 1 aromatic rings. The maximum Gasteiger partial charge on any atom is 0.138 e. The van der Waals surface area contributed by atoms with Crippen LogP contribution in [0.5, 0.6) is 5.75 Å². The van der Waals surface area contributed by atoms with Gasteiger partial charge in [-0.2, -0.15) is 0 Å². The molecule has 0 aliphatic carbocycles. The van der Waals surface area contributed by atoms with Crippen LogP contribution in [0.15, 0.2) is 24.3 Å². The molecule has 0 saturated carbocycles. The third-order valence-corrected chi connectivity index (χ3v) is 3.11. The van der Waals surface area contributed by atoms with Gasteiger partial charge in [0.15, 0.2) is 0 Å². The highest BCUT2D eigenvalue weighted by atomic mass is 16.3. The topological polar surface area (TPSA) is 44.3 Å². The standard InChI is InChI=1S/C13H20N2O/c16-13-8-4-3-7-12(13)15-10-11-6-2-1-5-9-14-11/h3-4,7-8,11,14-16H,1-2,5-6,9-10H2. The molecule has 0 radical (unpaired) electrons. The molecule has 1 unspecified atom stereocenters. The minimum atomic E-state index is 0.330. The molecule has 3 heteroatoms. The lowest BCUT2D eigenvalue weighted by Crippen LogP contribution is -2.34. The zero-order chi connectivity index (χ0) is 11.2. The zero-order valence-electron chi connectivity index (χ0n) is 9.58. The van der Waals surface area contributed by atoms with Crippen LogP contribution in [0.25, 0.3) is 0 Å². The summed E-state index contributed by atoms with van der Waals surface area (Å²) in [5.74, 6) is 0.330. The highest BCUT2D eigenvalue weighted by Gasteiger charge is 2.11. The minimum Gasteiger partial charge on any atom is -0.506 e. The molecule has 1 saturated heterocycles. The van der Waals surface area contributed by atoms with Crippen molar-refractivity contribution < 1.29 is 5.11 Å². The van der Waals surface area contributed by atoms with E-state index in [1.807, 2.05) is 18.2 Å². The van der Waals surface area contributed by atoms with E-state index < -0.39 is 0 Å². The van der Waals surface area contributed by atoms with E-state index in [1.54, 1.807) is 6.07 Å². The molecule has 1 heterocycles. The van der Waals surface area contributed by atoms with E-state index >= 15 is 0 Å². The van der Waals surface area contributed by atoms with E-state index in [9.17, 15) is 5.11 Å². The Labute approximate surface area is 96.9 Å². The molecule has 3 nitrogen and oxygen atoms in total. The van der Waals surface area contributed by atoms with Crippen LogP contribution < -0.4 is 10.6 Å². The van der Waals surface area contributed by atoms with Gasteiger partial charge in [0.2, 0.25) is 0 Å². The van der Waals surface area contributed by atoms with Crippen LogP contribution in [0.1, 0.15) is 25.7 Å². The fraction of sp³-hybridized carbons (Fsp3) is 0.538. The van der Waals surface area contributed by atoms with E-state index in [4.69, 9.17) is 0 Å². The molecular weight excluding hydrogens is 200 g/mol. The summed E-state index contributed by atoms with van der Waals surface area (Å²) in [5.41, 5.74) is 0.827. The van der Waals surface area contributed by atoms with Gasteiger partial charge in [0.25, 0.3) is 0 Å². The Kier molecular flexibility index (Phi) is 4.05. The van der Waals surface area contributed by atoms with E-state index in [2.05, 4.69) is 10.6 Å². The van der Waals surface area contributed by atoms with Crippen LogP contribution >= 0.6 is 0 Å². The number of aromatic hydroxyl groups is 1. The zero-order valence-corrected chi connectivity index (χ0v) is 9.58. The van der Waals surface area contributed by atoms with Crippen molar-refractivity contribution in [3.63, 3.8) is 0 Å². The summed E-state index contributed by atoms with van der Waals surface area (Å²) < 4.78 is 0. The molecule has 88 valence electrons. The van der Waals surface area contributed by atoms with Crippen molar-refractivity contribution in [2.24, 2.45) is 0 Å². The van der Waals surface area contributed by atoms with Gasteiger partial charge in [-0.05, 0) is 31.5 Å². The number of benzene rings is 1. The predicted molar refractivity (Wildman–Crippen MR) is 66.9 cm³/mol. The normalized spacial score (nSPS) is 21.4. The van der Waals surface area contributed by atoms with Crippen molar-refractivity contribution in [3.8, 4) is 5.75 Å². The molecule has 0 aromatic heterocycles. The van der Waals surface area contributed by atoms with E-state index in [0.717, 1.165) is 18.8 Å². The second kappa shape index (κ2) is 5.75. The maximum absolute atomic E-state index is 9.61.